The van der Waals surface area contributed by atoms with Crippen LogP contribution in [0.5, 0.6) is 0 Å². The standard InChI is InChI=1S/C36H21F6OP/c37-35(38,39)23-13-17-25(18-14-23)44(43,26-19-15-24(16-20-26)36(40,41)42)34-27-8-2-1-7-22(27)21-32-30-11-4-3-9-28(30)29-10-5-6-12-31(29)33(32)34/h1-21H. The Labute approximate surface area is 247 Å². The largest absolute Gasteiger partial charge is 0.416 e. The lowest BCUT2D eigenvalue weighted by Gasteiger charge is -2.26. The molecule has 218 valence electrons. The van der Waals surface area contributed by atoms with Gasteiger partial charge in [0.2, 0.25) is 0 Å². The van der Waals surface area contributed by atoms with Crippen molar-refractivity contribution in [3.05, 3.63) is 139 Å². The van der Waals surface area contributed by atoms with Crippen LogP contribution in [0.15, 0.2) is 127 Å². The van der Waals surface area contributed by atoms with Gasteiger partial charge in [0.05, 0.1) is 11.1 Å². The molecule has 0 amide bonds. The first-order valence-corrected chi connectivity index (χ1v) is 15.4. The van der Waals surface area contributed by atoms with Crippen LogP contribution in [0.4, 0.5) is 26.3 Å². The van der Waals surface area contributed by atoms with Gasteiger partial charge < -0.3 is 4.57 Å². The Balaban J connectivity index is 1.70. The fourth-order valence-corrected chi connectivity index (χ4v) is 9.21. The number of fused-ring (bicyclic) bond motifs is 7. The molecular formula is C36H21F6OP. The van der Waals surface area contributed by atoms with Crippen LogP contribution in [-0.4, -0.2) is 0 Å². The molecule has 8 heteroatoms. The van der Waals surface area contributed by atoms with Crippen LogP contribution in [0.2, 0.25) is 0 Å². The minimum atomic E-state index is -4.63. The summed E-state index contributed by atoms with van der Waals surface area (Å²) in [5, 5.41) is 6.83. The fourth-order valence-electron chi connectivity index (χ4n) is 6.16. The van der Waals surface area contributed by atoms with Crippen LogP contribution < -0.4 is 15.9 Å². The molecular weight excluding hydrogens is 593 g/mol. The van der Waals surface area contributed by atoms with Gasteiger partial charge in [-0.05, 0) is 68.0 Å². The topological polar surface area (TPSA) is 17.1 Å². The van der Waals surface area contributed by atoms with E-state index in [4.69, 9.17) is 0 Å². The van der Waals surface area contributed by atoms with Gasteiger partial charge in [-0.25, -0.2) is 0 Å². The molecule has 0 N–H and O–H groups in total. The summed E-state index contributed by atoms with van der Waals surface area (Å²) in [4.78, 5) is 0. The first-order chi connectivity index (χ1) is 21.0. The predicted octanol–water partition coefficient (Wildman–Crippen LogP) is 9.98. The highest BCUT2D eigenvalue weighted by Crippen LogP contribution is 2.50. The molecule has 0 radical (unpaired) electrons. The van der Waals surface area contributed by atoms with E-state index in [1.54, 1.807) is 12.1 Å². The monoisotopic (exact) mass is 614 g/mol. The van der Waals surface area contributed by atoms with E-state index in [1.807, 2.05) is 66.7 Å². The van der Waals surface area contributed by atoms with E-state index in [0.29, 0.717) is 16.1 Å². The van der Waals surface area contributed by atoms with Crippen molar-refractivity contribution in [3.8, 4) is 0 Å². The number of hydrogen-bond donors (Lipinski definition) is 0. The highest BCUT2D eigenvalue weighted by atomic mass is 31.2. The van der Waals surface area contributed by atoms with Crippen molar-refractivity contribution in [2.75, 3.05) is 0 Å². The van der Waals surface area contributed by atoms with Crippen LogP contribution in [0.3, 0.4) is 0 Å². The molecule has 0 bridgehead atoms. The minimum Gasteiger partial charge on any atom is -0.309 e. The van der Waals surface area contributed by atoms with Gasteiger partial charge in [0.1, 0.15) is 0 Å². The average molecular weight is 615 g/mol. The van der Waals surface area contributed by atoms with Crippen molar-refractivity contribution < 1.29 is 30.9 Å². The number of halogens is 6. The zero-order valence-electron chi connectivity index (χ0n) is 22.7. The maximum atomic E-state index is 16.0. The molecule has 0 aliphatic heterocycles. The second kappa shape index (κ2) is 9.96. The Morgan fingerprint density at radius 3 is 1.30 bits per heavy atom. The first kappa shape index (κ1) is 28.2. The van der Waals surface area contributed by atoms with E-state index in [0.717, 1.165) is 56.6 Å². The third kappa shape index (κ3) is 4.37. The van der Waals surface area contributed by atoms with E-state index < -0.39 is 30.6 Å². The Hall–Kier alpha value is -4.61. The summed E-state index contributed by atoms with van der Waals surface area (Å²) in [6.45, 7) is 0. The quantitative estimate of drug-likeness (QED) is 0.0838. The summed E-state index contributed by atoms with van der Waals surface area (Å²) in [6.07, 6.45) is -9.25. The van der Waals surface area contributed by atoms with Gasteiger partial charge in [0, 0.05) is 21.3 Å². The molecule has 44 heavy (non-hydrogen) atoms. The smallest absolute Gasteiger partial charge is 0.309 e. The van der Waals surface area contributed by atoms with Crippen molar-refractivity contribution in [1.29, 1.82) is 0 Å². The highest BCUT2D eigenvalue weighted by molar-refractivity contribution is 7.86. The van der Waals surface area contributed by atoms with E-state index in [2.05, 4.69) is 0 Å². The molecule has 0 saturated carbocycles. The summed E-state index contributed by atoms with van der Waals surface area (Å²) < 4.78 is 97.5. The third-order valence-electron chi connectivity index (χ3n) is 8.16. The molecule has 7 aromatic carbocycles. The SMILES string of the molecule is O=P(c1ccc(C(F)(F)F)cc1)(c1ccc(C(F)(F)F)cc1)c1c2ccccc2cc2c3ccccc3c3ccccc3c12. The molecule has 0 aromatic heterocycles. The summed E-state index contributed by atoms with van der Waals surface area (Å²) in [5.41, 5.74) is -1.83. The zero-order valence-corrected chi connectivity index (χ0v) is 23.6. The van der Waals surface area contributed by atoms with E-state index in [1.165, 1.54) is 24.3 Å². The van der Waals surface area contributed by atoms with Crippen LogP contribution in [-0.2, 0) is 16.9 Å². The summed E-state index contributed by atoms with van der Waals surface area (Å²) in [5.74, 6) is 0. The van der Waals surface area contributed by atoms with Gasteiger partial charge in [-0.15, -0.1) is 0 Å². The van der Waals surface area contributed by atoms with Gasteiger partial charge in [0.15, 0.2) is 7.14 Å². The second-order valence-corrected chi connectivity index (χ2v) is 13.4. The first-order valence-electron chi connectivity index (χ1n) is 13.7. The van der Waals surface area contributed by atoms with E-state index in [9.17, 15) is 26.3 Å². The number of alkyl halides is 6. The lowest BCUT2D eigenvalue weighted by Crippen LogP contribution is -2.27. The van der Waals surface area contributed by atoms with Crippen molar-refractivity contribution >= 4 is 66.1 Å². The molecule has 1 nitrogen and oxygen atoms in total. The third-order valence-corrected chi connectivity index (χ3v) is 11.3. The molecule has 0 aliphatic rings. The molecule has 7 rings (SSSR count). The number of hydrogen-bond acceptors (Lipinski definition) is 1. The van der Waals surface area contributed by atoms with Crippen molar-refractivity contribution in [2.24, 2.45) is 0 Å². The minimum absolute atomic E-state index is 0.0835. The Kier molecular flexibility index (Phi) is 6.38. The van der Waals surface area contributed by atoms with Gasteiger partial charge in [-0.1, -0.05) is 97.1 Å². The van der Waals surface area contributed by atoms with Gasteiger partial charge in [0.25, 0.3) is 0 Å². The molecule has 0 fully saturated rings. The fraction of sp³-hybridized carbons (Fsp3) is 0.0556. The Morgan fingerprint density at radius 1 is 0.432 bits per heavy atom. The van der Waals surface area contributed by atoms with Crippen LogP contribution in [0.25, 0.3) is 43.1 Å². The van der Waals surface area contributed by atoms with Crippen LogP contribution >= 0.6 is 7.14 Å². The molecule has 0 aliphatic carbocycles. The highest BCUT2D eigenvalue weighted by Gasteiger charge is 2.37. The zero-order chi connectivity index (χ0) is 30.9. The van der Waals surface area contributed by atoms with Crippen LogP contribution in [0, 0.1) is 0 Å². The maximum absolute atomic E-state index is 16.0. The van der Waals surface area contributed by atoms with Crippen LogP contribution in [0.1, 0.15) is 11.1 Å². The van der Waals surface area contributed by atoms with Gasteiger partial charge in [-0.3, -0.25) is 0 Å². The molecule has 0 spiro atoms. The maximum Gasteiger partial charge on any atom is 0.416 e. The Morgan fingerprint density at radius 2 is 0.818 bits per heavy atom. The summed E-state index contributed by atoms with van der Waals surface area (Å²) >= 11 is 0. The summed E-state index contributed by atoms with van der Waals surface area (Å²) in [7, 11) is -4.13. The van der Waals surface area contributed by atoms with Crippen molar-refractivity contribution in [2.45, 2.75) is 12.4 Å². The average Bonchev–Trinajstić information content (AvgIpc) is 3.03. The lowest BCUT2D eigenvalue weighted by atomic mass is 9.92. The lowest BCUT2D eigenvalue weighted by molar-refractivity contribution is -0.138. The molecule has 7 aromatic rings. The molecule has 0 heterocycles. The second-order valence-electron chi connectivity index (χ2n) is 10.7. The number of rotatable bonds is 3. The van der Waals surface area contributed by atoms with Gasteiger partial charge in [-0.2, -0.15) is 26.3 Å². The molecule has 0 saturated heterocycles. The van der Waals surface area contributed by atoms with Crippen molar-refractivity contribution in [3.63, 3.8) is 0 Å². The predicted molar refractivity (Wildman–Crippen MR) is 166 cm³/mol. The normalized spacial score (nSPS) is 12.9. The molecule has 0 unspecified atom stereocenters. The summed E-state index contributed by atoms with van der Waals surface area (Å²) in [6, 6.07) is 32.9. The van der Waals surface area contributed by atoms with E-state index >= 15 is 4.57 Å². The Bertz CT molecular complexity index is 2210. The van der Waals surface area contributed by atoms with Crippen molar-refractivity contribution in [1.82, 2.24) is 0 Å². The number of benzene rings is 7. The van der Waals surface area contributed by atoms with E-state index in [-0.39, 0.29) is 10.6 Å². The molecule has 0 atom stereocenters. The van der Waals surface area contributed by atoms with Gasteiger partial charge >= 0.3 is 12.4 Å².